The molecule has 78 valence electrons. The second-order valence-corrected chi connectivity index (χ2v) is 3.49. The van der Waals surface area contributed by atoms with Crippen LogP contribution in [0.4, 0.5) is 0 Å². The van der Waals surface area contributed by atoms with E-state index in [-0.39, 0.29) is 12.2 Å². The van der Waals surface area contributed by atoms with Gasteiger partial charge in [0, 0.05) is 0 Å². The van der Waals surface area contributed by atoms with E-state index in [2.05, 4.69) is 6.92 Å². The Balaban J connectivity index is 2.44. The van der Waals surface area contributed by atoms with Gasteiger partial charge in [-0.2, -0.15) is 0 Å². The van der Waals surface area contributed by atoms with Crippen LogP contribution in [0.5, 0.6) is 5.75 Å². The van der Waals surface area contributed by atoms with E-state index in [0.29, 0.717) is 0 Å². The largest absolute Gasteiger partial charge is 0.488 e. The Labute approximate surface area is 85.5 Å². The molecule has 2 atom stereocenters. The minimum Gasteiger partial charge on any atom is -0.488 e. The number of rotatable bonds is 5. The topological polar surface area (TPSA) is 29.5 Å². The van der Waals surface area contributed by atoms with E-state index in [1.54, 1.807) is 0 Å². The molecule has 2 nitrogen and oxygen atoms in total. The van der Waals surface area contributed by atoms with Gasteiger partial charge in [-0.05, 0) is 25.5 Å². The van der Waals surface area contributed by atoms with Crippen molar-refractivity contribution in [2.75, 3.05) is 0 Å². The third-order valence-electron chi connectivity index (χ3n) is 2.19. The van der Waals surface area contributed by atoms with Gasteiger partial charge < -0.3 is 9.84 Å². The standard InChI is InChI=1S/C12H18O2/c1-3-7-12(13)10(2)14-11-8-5-4-6-9-11/h4-6,8-10,12-13H,3,7H2,1-2H3. The zero-order valence-electron chi connectivity index (χ0n) is 8.81. The molecule has 1 aromatic carbocycles. The quantitative estimate of drug-likeness (QED) is 0.780. The fourth-order valence-electron chi connectivity index (χ4n) is 1.32. The summed E-state index contributed by atoms with van der Waals surface area (Å²) in [6.07, 6.45) is 1.25. The summed E-state index contributed by atoms with van der Waals surface area (Å²) in [6, 6.07) is 9.59. The van der Waals surface area contributed by atoms with Crippen molar-refractivity contribution < 1.29 is 9.84 Å². The van der Waals surface area contributed by atoms with Gasteiger partial charge in [-0.1, -0.05) is 31.5 Å². The fourth-order valence-corrected chi connectivity index (χ4v) is 1.32. The summed E-state index contributed by atoms with van der Waals surface area (Å²) in [7, 11) is 0. The Morgan fingerprint density at radius 3 is 2.50 bits per heavy atom. The predicted octanol–water partition coefficient (Wildman–Crippen LogP) is 2.61. The number of benzene rings is 1. The van der Waals surface area contributed by atoms with Gasteiger partial charge in [0.1, 0.15) is 11.9 Å². The van der Waals surface area contributed by atoms with E-state index >= 15 is 0 Å². The van der Waals surface area contributed by atoms with Crippen LogP contribution < -0.4 is 4.74 Å². The first-order valence-electron chi connectivity index (χ1n) is 5.13. The SMILES string of the molecule is CCCC(O)C(C)Oc1ccccc1. The molecule has 0 saturated heterocycles. The summed E-state index contributed by atoms with van der Waals surface area (Å²) in [5.74, 6) is 0.815. The van der Waals surface area contributed by atoms with Crippen LogP contribution in [0.15, 0.2) is 30.3 Å². The van der Waals surface area contributed by atoms with Crippen LogP contribution in [0, 0.1) is 0 Å². The summed E-state index contributed by atoms with van der Waals surface area (Å²) in [4.78, 5) is 0. The Bertz CT molecular complexity index is 246. The molecule has 0 fully saturated rings. The lowest BCUT2D eigenvalue weighted by Crippen LogP contribution is -2.28. The summed E-state index contributed by atoms with van der Waals surface area (Å²) < 4.78 is 5.58. The Morgan fingerprint density at radius 1 is 1.29 bits per heavy atom. The average molecular weight is 194 g/mol. The molecule has 0 aliphatic carbocycles. The molecule has 0 bridgehead atoms. The van der Waals surface area contributed by atoms with Gasteiger partial charge in [0.25, 0.3) is 0 Å². The minimum atomic E-state index is -0.375. The summed E-state index contributed by atoms with van der Waals surface area (Å²) in [6.45, 7) is 3.95. The molecular formula is C12H18O2. The molecule has 1 N–H and O–H groups in total. The summed E-state index contributed by atoms with van der Waals surface area (Å²) >= 11 is 0. The highest BCUT2D eigenvalue weighted by Gasteiger charge is 2.14. The van der Waals surface area contributed by atoms with Crippen molar-refractivity contribution in [2.24, 2.45) is 0 Å². The molecule has 14 heavy (non-hydrogen) atoms. The first-order valence-corrected chi connectivity index (χ1v) is 5.13. The van der Waals surface area contributed by atoms with Crippen molar-refractivity contribution in [1.82, 2.24) is 0 Å². The van der Waals surface area contributed by atoms with Gasteiger partial charge in [-0.15, -0.1) is 0 Å². The van der Waals surface area contributed by atoms with Crippen molar-refractivity contribution in [3.8, 4) is 5.75 Å². The van der Waals surface area contributed by atoms with Gasteiger partial charge in [0.15, 0.2) is 0 Å². The highest BCUT2D eigenvalue weighted by molar-refractivity contribution is 5.21. The van der Waals surface area contributed by atoms with E-state index in [1.807, 2.05) is 37.3 Å². The number of hydrogen-bond acceptors (Lipinski definition) is 2. The molecule has 0 aliphatic heterocycles. The molecule has 0 amide bonds. The smallest absolute Gasteiger partial charge is 0.122 e. The lowest BCUT2D eigenvalue weighted by molar-refractivity contribution is 0.0413. The lowest BCUT2D eigenvalue weighted by Gasteiger charge is -2.19. The van der Waals surface area contributed by atoms with Crippen molar-refractivity contribution in [1.29, 1.82) is 0 Å². The maximum Gasteiger partial charge on any atom is 0.122 e. The van der Waals surface area contributed by atoms with Gasteiger partial charge in [-0.25, -0.2) is 0 Å². The van der Waals surface area contributed by atoms with Crippen LogP contribution in [0.3, 0.4) is 0 Å². The Hall–Kier alpha value is -1.02. The van der Waals surface area contributed by atoms with Crippen LogP contribution in [0.25, 0.3) is 0 Å². The van der Waals surface area contributed by atoms with E-state index in [0.717, 1.165) is 18.6 Å². The fraction of sp³-hybridized carbons (Fsp3) is 0.500. The molecule has 0 aliphatic rings. The van der Waals surface area contributed by atoms with E-state index in [4.69, 9.17) is 4.74 Å². The average Bonchev–Trinajstić information content (AvgIpc) is 2.19. The molecule has 0 radical (unpaired) electrons. The minimum absolute atomic E-state index is 0.141. The first-order chi connectivity index (χ1) is 6.74. The number of aliphatic hydroxyl groups is 1. The normalized spacial score (nSPS) is 14.8. The zero-order valence-corrected chi connectivity index (χ0v) is 8.81. The molecule has 0 spiro atoms. The van der Waals surface area contributed by atoms with Crippen LogP contribution in [0.1, 0.15) is 26.7 Å². The Morgan fingerprint density at radius 2 is 1.93 bits per heavy atom. The predicted molar refractivity (Wildman–Crippen MR) is 57.4 cm³/mol. The maximum absolute atomic E-state index is 9.65. The zero-order chi connectivity index (χ0) is 10.4. The molecule has 0 aromatic heterocycles. The molecule has 2 heteroatoms. The van der Waals surface area contributed by atoms with Crippen molar-refractivity contribution in [3.05, 3.63) is 30.3 Å². The second kappa shape index (κ2) is 5.66. The second-order valence-electron chi connectivity index (χ2n) is 3.49. The van der Waals surface area contributed by atoms with E-state index < -0.39 is 0 Å². The maximum atomic E-state index is 9.65. The number of hydrogen-bond donors (Lipinski definition) is 1. The molecule has 1 aromatic rings. The van der Waals surface area contributed by atoms with Gasteiger partial charge in [-0.3, -0.25) is 0 Å². The molecule has 0 heterocycles. The Kier molecular flexibility index (Phi) is 4.47. The van der Waals surface area contributed by atoms with E-state index in [1.165, 1.54) is 0 Å². The highest BCUT2D eigenvalue weighted by atomic mass is 16.5. The highest BCUT2D eigenvalue weighted by Crippen LogP contribution is 2.14. The molecule has 1 rings (SSSR count). The van der Waals surface area contributed by atoms with Crippen LogP contribution in [-0.2, 0) is 0 Å². The lowest BCUT2D eigenvalue weighted by atomic mass is 10.1. The van der Waals surface area contributed by atoms with Gasteiger partial charge in [0.05, 0.1) is 6.10 Å². The third-order valence-corrected chi connectivity index (χ3v) is 2.19. The molecule has 2 unspecified atom stereocenters. The monoisotopic (exact) mass is 194 g/mol. The van der Waals surface area contributed by atoms with Crippen LogP contribution >= 0.6 is 0 Å². The van der Waals surface area contributed by atoms with Crippen LogP contribution in [-0.4, -0.2) is 17.3 Å². The number of ether oxygens (including phenoxy) is 1. The molecular weight excluding hydrogens is 176 g/mol. The summed E-state index contributed by atoms with van der Waals surface area (Å²) in [5, 5.41) is 9.65. The van der Waals surface area contributed by atoms with Crippen molar-refractivity contribution >= 4 is 0 Å². The van der Waals surface area contributed by atoms with Crippen molar-refractivity contribution in [3.63, 3.8) is 0 Å². The molecule has 0 saturated carbocycles. The van der Waals surface area contributed by atoms with Gasteiger partial charge >= 0.3 is 0 Å². The number of para-hydroxylation sites is 1. The van der Waals surface area contributed by atoms with Crippen molar-refractivity contribution in [2.45, 2.75) is 38.9 Å². The van der Waals surface area contributed by atoms with Crippen LogP contribution in [0.2, 0.25) is 0 Å². The van der Waals surface area contributed by atoms with E-state index in [9.17, 15) is 5.11 Å². The third kappa shape index (κ3) is 3.38. The number of aliphatic hydroxyl groups excluding tert-OH is 1. The first kappa shape index (κ1) is 11.1. The van der Waals surface area contributed by atoms with Gasteiger partial charge in [0.2, 0.25) is 0 Å². The summed E-state index contributed by atoms with van der Waals surface area (Å²) in [5.41, 5.74) is 0.